The first-order valence-corrected chi connectivity index (χ1v) is 10.8. The molecule has 0 radical (unpaired) electrons. The summed E-state index contributed by atoms with van der Waals surface area (Å²) in [5.41, 5.74) is 4.59. The summed E-state index contributed by atoms with van der Waals surface area (Å²) < 4.78 is 0. The maximum atomic E-state index is 13.2. The van der Waals surface area contributed by atoms with E-state index in [4.69, 9.17) is 4.98 Å². The largest absolute Gasteiger partial charge is 0.354 e. The zero-order valence-electron chi connectivity index (χ0n) is 18.2. The number of fused-ring (bicyclic) bond motifs is 2. The van der Waals surface area contributed by atoms with Gasteiger partial charge < -0.3 is 15.3 Å². The van der Waals surface area contributed by atoms with Gasteiger partial charge in [0.25, 0.3) is 5.91 Å². The highest BCUT2D eigenvalue weighted by Crippen LogP contribution is 2.36. The van der Waals surface area contributed by atoms with Crippen molar-refractivity contribution in [3.05, 3.63) is 52.6 Å². The van der Waals surface area contributed by atoms with Gasteiger partial charge in [0, 0.05) is 17.7 Å². The number of aromatic nitrogens is 3. The van der Waals surface area contributed by atoms with Crippen LogP contribution in [0.5, 0.6) is 0 Å². The van der Waals surface area contributed by atoms with E-state index >= 15 is 0 Å². The number of nitrogens with one attached hydrogen (secondary N) is 3. The summed E-state index contributed by atoms with van der Waals surface area (Å²) in [7, 11) is 0. The minimum Gasteiger partial charge on any atom is -0.354 e. The second-order valence-electron chi connectivity index (χ2n) is 9.23. The molecule has 0 unspecified atom stereocenters. The second kappa shape index (κ2) is 7.74. The monoisotopic (exact) mass is 406 g/mol. The zero-order valence-corrected chi connectivity index (χ0v) is 18.2. The number of aromatic amines is 2. The van der Waals surface area contributed by atoms with Crippen molar-refractivity contribution in [1.29, 1.82) is 0 Å². The van der Waals surface area contributed by atoms with Crippen LogP contribution >= 0.6 is 0 Å². The molecule has 6 nitrogen and oxygen atoms in total. The van der Waals surface area contributed by atoms with E-state index in [0.717, 1.165) is 53.8 Å². The fourth-order valence-electron chi connectivity index (χ4n) is 4.51. The number of hydrogen-bond donors (Lipinski definition) is 3. The molecule has 2 aromatic heterocycles. The van der Waals surface area contributed by atoms with Crippen molar-refractivity contribution in [2.45, 2.75) is 65.8 Å². The van der Waals surface area contributed by atoms with Gasteiger partial charge in [-0.25, -0.2) is 4.98 Å². The fraction of sp³-hybridized carbons (Fsp3) is 0.458. The number of unbranched alkanes of at least 4 members (excludes halogenated alkanes) is 1. The Balaban J connectivity index is 1.62. The number of benzene rings is 1. The molecule has 0 saturated heterocycles. The Bertz CT molecular complexity index is 1070. The molecule has 3 aromatic rings. The Morgan fingerprint density at radius 1 is 1.23 bits per heavy atom. The number of carbonyl (C=O) groups excluding carboxylic acids is 2. The van der Waals surface area contributed by atoms with Gasteiger partial charge in [-0.1, -0.05) is 45.7 Å². The van der Waals surface area contributed by atoms with Crippen molar-refractivity contribution in [1.82, 2.24) is 20.3 Å². The van der Waals surface area contributed by atoms with Gasteiger partial charge in [-0.2, -0.15) is 0 Å². The standard InChI is InChI=1S/C24H30N4O2/c1-5-6-9-17(22-26-15-10-7-8-11-16(15)27-22)28-23(30)21-14(2)20-18(25-21)12-24(3,4)13-19(20)29/h7-8,10-11,17,25H,5-6,9,12-13H2,1-4H3,(H,26,27)(H,28,30)/t17-/m1/s1. The smallest absolute Gasteiger partial charge is 0.268 e. The van der Waals surface area contributed by atoms with E-state index in [0.29, 0.717) is 17.7 Å². The number of H-pyrrole nitrogens is 2. The highest BCUT2D eigenvalue weighted by molar-refractivity contribution is 6.04. The van der Waals surface area contributed by atoms with E-state index in [2.05, 4.69) is 36.1 Å². The van der Waals surface area contributed by atoms with Gasteiger partial charge in [0.05, 0.1) is 17.1 Å². The number of nitrogens with zero attached hydrogens (tertiary/aromatic N) is 1. The first kappa shape index (κ1) is 20.4. The SMILES string of the molecule is CCCC[C@@H](NC(=O)c1[nH]c2c(c1C)C(=O)CC(C)(C)C2)c1nc2ccccc2[nH]1. The summed E-state index contributed by atoms with van der Waals surface area (Å²) in [5, 5.41) is 3.16. The molecule has 6 heteroatoms. The van der Waals surface area contributed by atoms with E-state index in [1.165, 1.54) is 0 Å². The van der Waals surface area contributed by atoms with Gasteiger partial charge in [-0.05, 0) is 42.9 Å². The lowest BCUT2D eigenvalue weighted by Gasteiger charge is -2.28. The fourth-order valence-corrected chi connectivity index (χ4v) is 4.51. The molecular formula is C24H30N4O2. The van der Waals surface area contributed by atoms with Crippen molar-refractivity contribution < 1.29 is 9.59 Å². The third-order valence-corrected chi connectivity index (χ3v) is 6.02. The third-order valence-electron chi connectivity index (χ3n) is 6.02. The molecule has 1 amide bonds. The summed E-state index contributed by atoms with van der Waals surface area (Å²) in [6.07, 6.45) is 4.09. The van der Waals surface area contributed by atoms with Gasteiger partial charge in [0.2, 0.25) is 0 Å². The lowest BCUT2D eigenvalue weighted by molar-refractivity contribution is 0.0908. The van der Waals surface area contributed by atoms with E-state index in [-0.39, 0.29) is 23.1 Å². The molecule has 2 heterocycles. The lowest BCUT2D eigenvalue weighted by Crippen LogP contribution is -2.30. The van der Waals surface area contributed by atoms with Crippen LogP contribution in [0.1, 0.15) is 90.4 Å². The summed E-state index contributed by atoms with van der Waals surface area (Å²) in [5.74, 6) is 0.701. The molecule has 0 saturated carbocycles. The van der Waals surface area contributed by atoms with Crippen molar-refractivity contribution in [2.75, 3.05) is 0 Å². The highest BCUT2D eigenvalue weighted by atomic mass is 16.2. The third kappa shape index (κ3) is 3.78. The lowest BCUT2D eigenvalue weighted by atomic mass is 9.75. The quantitative estimate of drug-likeness (QED) is 0.537. The number of imidazole rings is 1. The van der Waals surface area contributed by atoms with E-state index in [1.54, 1.807) is 0 Å². The molecule has 1 aliphatic carbocycles. The number of rotatable bonds is 6. The molecule has 1 aliphatic rings. The second-order valence-corrected chi connectivity index (χ2v) is 9.23. The Labute approximate surface area is 176 Å². The van der Waals surface area contributed by atoms with E-state index < -0.39 is 0 Å². The van der Waals surface area contributed by atoms with Gasteiger partial charge in [-0.15, -0.1) is 0 Å². The molecule has 0 fully saturated rings. The van der Waals surface area contributed by atoms with Gasteiger partial charge in [0.15, 0.2) is 5.78 Å². The van der Waals surface area contributed by atoms with E-state index in [9.17, 15) is 9.59 Å². The normalized spacial score (nSPS) is 16.5. The first-order chi connectivity index (χ1) is 14.3. The molecule has 0 spiro atoms. The van der Waals surface area contributed by atoms with E-state index in [1.807, 2.05) is 31.2 Å². The van der Waals surface area contributed by atoms with Crippen LogP contribution in [0.25, 0.3) is 11.0 Å². The average molecular weight is 407 g/mol. The van der Waals surface area contributed by atoms with Crippen LogP contribution in [0.4, 0.5) is 0 Å². The van der Waals surface area contributed by atoms with Crippen molar-refractivity contribution in [3.8, 4) is 0 Å². The number of para-hydroxylation sites is 2. The number of Topliss-reactive ketones (excluding diaryl/α,β-unsaturated/α-hetero) is 1. The maximum absolute atomic E-state index is 13.2. The Morgan fingerprint density at radius 3 is 2.73 bits per heavy atom. The minimum atomic E-state index is -0.211. The molecule has 3 N–H and O–H groups in total. The van der Waals surface area contributed by atoms with Crippen LogP contribution in [0.3, 0.4) is 0 Å². The Hall–Kier alpha value is -2.89. The molecule has 4 rings (SSSR count). The first-order valence-electron chi connectivity index (χ1n) is 10.8. The van der Waals surface area contributed by atoms with Crippen LogP contribution in [-0.4, -0.2) is 26.6 Å². The predicted molar refractivity (Wildman–Crippen MR) is 118 cm³/mol. The maximum Gasteiger partial charge on any atom is 0.268 e. The summed E-state index contributed by atoms with van der Waals surface area (Å²) in [6, 6.07) is 7.66. The number of ketones is 1. The minimum absolute atomic E-state index is 0.0902. The van der Waals surface area contributed by atoms with Crippen molar-refractivity contribution >= 4 is 22.7 Å². The van der Waals surface area contributed by atoms with Crippen LogP contribution < -0.4 is 5.32 Å². The number of amides is 1. The molecule has 1 aromatic carbocycles. The highest BCUT2D eigenvalue weighted by Gasteiger charge is 2.35. The molecular weight excluding hydrogens is 376 g/mol. The Kier molecular flexibility index (Phi) is 5.26. The topological polar surface area (TPSA) is 90.6 Å². The van der Waals surface area contributed by atoms with Gasteiger partial charge in [-0.3, -0.25) is 9.59 Å². The van der Waals surface area contributed by atoms with Crippen LogP contribution in [0.2, 0.25) is 0 Å². The van der Waals surface area contributed by atoms with Gasteiger partial charge in [0.1, 0.15) is 11.5 Å². The Morgan fingerprint density at radius 2 is 2.00 bits per heavy atom. The van der Waals surface area contributed by atoms with Crippen LogP contribution in [0.15, 0.2) is 24.3 Å². The molecule has 0 aliphatic heterocycles. The molecule has 1 atom stereocenters. The molecule has 158 valence electrons. The predicted octanol–water partition coefficient (Wildman–Crippen LogP) is 5.02. The van der Waals surface area contributed by atoms with Crippen LogP contribution in [-0.2, 0) is 6.42 Å². The van der Waals surface area contributed by atoms with Gasteiger partial charge >= 0.3 is 0 Å². The molecule has 30 heavy (non-hydrogen) atoms. The summed E-state index contributed by atoms with van der Waals surface area (Å²) >= 11 is 0. The average Bonchev–Trinajstić information content (AvgIpc) is 3.25. The van der Waals surface area contributed by atoms with Crippen molar-refractivity contribution in [3.63, 3.8) is 0 Å². The molecule has 0 bridgehead atoms. The zero-order chi connectivity index (χ0) is 21.5. The van der Waals surface area contributed by atoms with Crippen molar-refractivity contribution in [2.24, 2.45) is 5.41 Å². The van der Waals surface area contributed by atoms with Crippen LogP contribution in [0, 0.1) is 12.3 Å². The number of hydrogen-bond acceptors (Lipinski definition) is 3. The number of carbonyl (C=O) groups is 2. The summed E-state index contributed by atoms with van der Waals surface area (Å²) in [6.45, 7) is 8.18. The summed E-state index contributed by atoms with van der Waals surface area (Å²) in [4.78, 5) is 37.2.